The van der Waals surface area contributed by atoms with Gasteiger partial charge in [0.25, 0.3) is 5.91 Å². The van der Waals surface area contributed by atoms with Gasteiger partial charge in [0.1, 0.15) is 5.82 Å². The highest BCUT2D eigenvalue weighted by Crippen LogP contribution is 2.43. The predicted octanol–water partition coefficient (Wildman–Crippen LogP) is 4.29. The number of nitrogens with zero attached hydrogens (tertiary/aromatic N) is 2. The molecule has 174 valence electrons. The van der Waals surface area contributed by atoms with Crippen LogP contribution >= 0.6 is 11.3 Å². The van der Waals surface area contributed by atoms with Crippen LogP contribution in [-0.2, 0) is 10.3 Å². The Morgan fingerprint density at radius 2 is 1.91 bits per heavy atom. The number of hydrogen-bond donors (Lipinski definition) is 3. The molecule has 0 spiro atoms. The third-order valence-electron chi connectivity index (χ3n) is 5.53. The van der Waals surface area contributed by atoms with Crippen LogP contribution in [0.25, 0.3) is 10.2 Å². The van der Waals surface area contributed by atoms with E-state index < -0.39 is 35.5 Å². The van der Waals surface area contributed by atoms with E-state index in [4.69, 9.17) is 0 Å². The minimum atomic E-state index is -4.88. The van der Waals surface area contributed by atoms with Crippen LogP contribution in [0, 0.1) is 5.82 Å². The Hall–Kier alpha value is -3.25. The predicted molar refractivity (Wildman–Crippen MR) is 117 cm³/mol. The van der Waals surface area contributed by atoms with E-state index in [-0.39, 0.29) is 17.2 Å². The highest BCUT2D eigenvalue weighted by molar-refractivity contribution is 7.22. The second kappa shape index (κ2) is 8.27. The van der Waals surface area contributed by atoms with Crippen molar-refractivity contribution < 1.29 is 27.2 Å². The molecule has 12 heteroatoms. The van der Waals surface area contributed by atoms with Gasteiger partial charge < -0.3 is 10.2 Å². The lowest BCUT2D eigenvalue weighted by molar-refractivity contribution is -0.215. The molecule has 1 saturated heterocycles. The van der Waals surface area contributed by atoms with Gasteiger partial charge in [0, 0.05) is 25.3 Å². The molecule has 3 N–H and O–H groups in total. The molecule has 1 aliphatic heterocycles. The number of piperazine rings is 1. The average molecular weight is 481 g/mol. The van der Waals surface area contributed by atoms with Gasteiger partial charge in [-0.2, -0.15) is 13.2 Å². The van der Waals surface area contributed by atoms with E-state index in [2.05, 4.69) is 20.9 Å². The summed E-state index contributed by atoms with van der Waals surface area (Å²) in [6, 6.07) is 7.94. The number of halogens is 4. The van der Waals surface area contributed by atoms with Crippen LogP contribution in [0.5, 0.6) is 0 Å². The number of alkyl halides is 3. The molecule has 2 unspecified atom stereocenters. The molecule has 4 rings (SSSR count). The molecule has 2 atom stereocenters. The van der Waals surface area contributed by atoms with Gasteiger partial charge >= 0.3 is 12.2 Å². The molecule has 2 aromatic carbocycles. The van der Waals surface area contributed by atoms with Crippen LogP contribution in [0.2, 0.25) is 0 Å². The highest BCUT2D eigenvalue weighted by Gasteiger charge is 2.64. The third-order valence-corrected chi connectivity index (χ3v) is 6.47. The Morgan fingerprint density at radius 1 is 1.21 bits per heavy atom. The number of carbonyl (C=O) groups is 2. The number of carbonyl (C=O) groups excluding carboxylic acids is 2. The van der Waals surface area contributed by atoms with E-state index in [1.807, 2.05) is 0 Å². The zero-order chi connectivity index (χ0) is 24.0. The molecular formula is C21H19F4N5O2S. The van der Waals surface area contributed by atoms with Gasteiger partial charge in [0.05, 0.1) is 10.2 Å². The van der Waals surface area contributed by atoms with Crippen molar-refractivity contribution in [2.45, 2.75) is 24.7 Å². The largest absolute Gasteiger partial charge is 0.419 e. The van der Waals surface area contributed by atoms with Crippen molar-refractivity contribution in [1.82, 2.24) is 15.2 Å². The smallest absolute Gasteiger partial charge is 0.340 e. The maximum atomic E-state index is 14.2. The van der Waals surface area contributed by atoms with Gasteiger partial charge in [-0.15, -0.1) is 0 Å². The molecule has 0 aliphatic carbocycles. The topological polar surface area (TPSA) is 86.4 Å². The van der Waals surface area contributed by atoms with E-state index in [9.17, 15) is 27.2 Å². The second-order valence-electron chi connectivity index (χ2n) is 7.68. The molecule has 33 heavy (non-hydrogen) atoms. The Kier molecular flexibility index (Phi) is 5.74. The fourth-order valence-electron chi connectivity index (χ4n) is 3.59. The molecule has 1 aromatic heterocycles. The molecule has 7 nitrogen and oxygen atoms in total. The number of likely N-dealkylation sites (N-methyl/N-ethyl adjacent to an activating group) is 1. The summed E-state index contributed by atoms with van der Waals surface area (Å²) in [5, 5.41) is 7.58. The van der Waals surface area contributed by atoms with E-state index >= 15 is 0 Å². The van der Waals surface area contributed by atoms with Gasteiger partial charge in [0.15, 0.2) is 5.13 Å². The number of urea groups is 1. The number of anilines is 2. The highest BCUT2D eigenvalue weighted by atomic mass is 32.1. The molecule has 3 aromatic rings. The molecule has 1 fully saturated rings. The zero-order valence-corrected chi connectivity index (χ0v) is 18.3. The normalized spacial score (nSPS) is 21.3. The van der Waals surface area contributed by atoms with Crippen LogP contribution in [-0.4, -0.2) is 47.6 Å². The van der Waals surface area contributed by atoms with Crippen molar-refractivity contribution in [2.24, 2.45) is 0 Å². The van der Waals surface area contributed by atoms with E-state index in [1.165, 1.54) is 49.5 Å². The van der Waals surface area contributed by atoms with Gasteiger partial charge in [-0.3, -0.25) is 15.4 Å². The molecule has 0 bridgehead atoms. The Labute approximate surface area is 189 Å². The Morgan fingerprint density at radius 3 is 2.58 bits per heavy atom. The molecule has 2 heterocycles. The summed E-state index contributed by atoms with van der Waals surface area (Å²) in [5.74, 6) is -1.54. The summed E-state index contributed by atoms with van der Waals surface area (Å²) >= 11 is 0.966. The Bertz CT molecular complexity index is 1210. The van der Waals surface area contributed by atoms with E-state index in [1.54, 1.807) is 6.92 Å². The van der Waals surface area contributed by atoms with E-state index in [0.29, 0.717) is 15.9 Å². The average Bonchev–Trinajstić information content (AvgIpc) is 3.14. The lowest BCUT2D eigenvalue weighted by Gasteiger charge is -2.45. The van der Waals surface area contributed by atoms with Gasteiger partial charge in [-0.25, -0.2) is 14.2 Å². The number of nitrogens with one attached hydrogen (secondary N) is 3. The summed E-state index contributed by atoms with van der Waals surface area (Å²) in [7, 11) is 1.35. The van der Waals surface area contributed by atoms with Crippen molar-refractivity contribution in [3.8, 4) is 0 Å². The number of fused-ring (bicyclic) bond motifs is 1. The summed E-state index contributed by atoms with van der Waals surface area (Å²) < 4.78 is 56.0. The molecule has 0 saturated carbocycles. The monoisotopic (exact) mass is 481 g/mol. The first-order valence-electron chi connectivity index (χ1n) is 9.85. The minimum absolute atomic E-state index is 0.0289. The third kappa shape index (κ3) is 4.11. The molecular weight excluding hydrogens is 462 g/mol. The fourth-order valence-corrected chi connectivity index (χ4v) is 4.49. The van der Waals surface area contributed by atoms with Crippen molar-refractivity contribution in [3.63, 3.8) is 0 Å². The van der Waals surface area contributed by atoms with Crippen LogP contribution in [0.4, 0.5) is 33.2 Å². The summed E-state index contributed by atoms with van der Waals surface area (Å²) in [6.07, 6.45) is -4.88. The van der Waals surface area contributed by atoms with Crippen LogP contribution in [0.1, 0.15) is 12.5 Å². The molecule has 3 amide bonds. The number of thiazole rings is 1. The van der Waals surface area contributed by atoms with Crippen molar-refractivity contribution in [3.05, 3.63) is 53.8 Å². The zero-order valence-electron chi connectivity index (χ0n) is 17.5. The lowest BCUT2D eigenvalue weighted by atomic mass is 9.84. The van der Waals surface area contributed by atoms with Gasteiger partial charge in [-0.05, 0) is 48.9 Å². The van der Waals surface area contributed by atoms with Gasteiger partial charge in [-0.1, -0.05) is 17.4 Å². The summed E-state index contributed by atoms with van der Waals surface area (Å²) in [4.78, 5) is 30.3. The van der Waals surface area contributed by atoms with Crippen molar-refractivity contribution >= 4 is 44.3 Å². The van der Waals surface area contributed by atoms with Crippen LogP contribution < -0.4 is 16.0 Å². The Balaban J connectivity index is 1.62. The van der Waals surface area contributed by atoms with Crippen LogP contribution in [0.15, 0.2) is 42.5 Å². The number of aromatic nitrogens is 1. The maximum Gasteiger partial charge on any atom is 0.419 e. The first-order chi connectivity index (χ1) is 15.5. The number of rotatable bonds is 3. The van der Waals surface area contributed by atoms with Crippen molar-refractivity contribution in [2.75, 3.05) is 24.2 Å². The first-order valence-corrected chi connectivity index (χ1v) is 10.7. The summed E-state index contributed by atoms with van der Waals surface area (Å²) in [5.41, 5.74) is -2.41. The number of benzene rings is 2. The maximum absolute atomic E-state index is 14.2. The van der Waals surface area contributed by atoms with E-state index in [0.717, 1.165) is 16.2 Å². The van der Waals surface area contributed by atoms with Gasteiger partial charge in [0.2, 0.25) is 5.54 Å². The second-order valence-corrected chi connectivity index (χ2v) is 8.71. The summed E-state index contributed by atoms with van der Waals surface area (Å²) in [6.45, 7) is 1.63. The quantitative estimate of drug-likeness (QED) is 0.488. The standard InChI is InChI=1S/C21H19F4N5O2S/c1-11-10-26-20(21(23,24)25,17(31)30(11)2)12-3-8-15-16(9-12)33-19(28-15)29-18(32)27-14-6-4-13(22)5-7-14/h3-9,11,26H,10H2,1-2H3,(H2,27,28,29,32). The first kappa shape index (κ1) is 22.9. The van der Waals surface area contributed by atoms with Crippen molar-refractivity contribution in [1.29, 1.82) is 0 Å². The number of hydrogen-bond acceptors (Lipinski definition) is 5. The SMILES string of the molecule is CC1CNC(c2ccc3nc(NC(=O)Nc4ccc(F)cc4)sc3c2)(C(F)(F)F)C(=O)N1C. The fraction of sp³-hybridized carbons (Fsp3) is 0.286. The molecule has 0 radical (unpaired) electrons. The number of amides is 3. The lowest BCUT2D eigenvalue weighted by Crippen LogP contribution is -2.70. The minimum Gasteiger partial charge on any atom is -0.340 e. The molecule has 1 aliphatic rings. The van der Waals surface area contributed by atoms with Crippen LogP contribution in [0.3, 0.4) is 0 Å².